The maximum absolute atomic E-state index is 12.0. The number of rotatable bonds is 1. The number of anilines is 1. The van der Waals surface area contributed by atoms with Crippen molar-refractivity contribution in [1.29, 1.82) is 0 Å². The molecule has 0 radical (unpaired) electrons. The molecule has 0 spiro atoms. The highest BCUT2D eigenvalue weighted by Crippen LogP contribution is 2.18. The van der Waals surface area contributed by atoms with Gasteiger partial charge < -0.3 is 15.6 Å². The van der Waals surface area contributed by atoms with Gasteiger partial charge in [-0.2, -0.15) is 0 Å². The number of hydrogen-bond acceptors (Lipinski definition) is 2. The normalized spacial score (nSPS) is 18.1. The second-order valence-corrected chi connectivity index (χ2v) is 4.32. The van der Waals surface area contributed by atoms with E-state index in [4.69, 9.17) is 5.73 Å². The predicted octanol–water partition coefficient (Wildman–Crippen LogP) is 1.47. The minimum absolute atomic E-state index is 0.0681. The van der Waals surface area contributed by atoms with E-state index in [-0.39, 0.29) is 5.91 Å². The Labute approximate surface area is 89.5 Å². The number of nitrogens with two attached hydrogens (primary N) is 1. The van der Waals surface area contributed by atoms with Gasteiger partial charge in [0.15, 0.2) is 0 Å². The summed E-state index contributed by atoms with van der Waals surface area (Å²) in [6.07, 6.45) is 3.85. The van der Waals surface area contributed by atoms with Gasteiger partial charge >= 0.3 is 0 Å². The third-order valence-corrected chi connectivity index (χ3v) is 3.01. The van der Waals surface area contributed by atoms with Crippen LogP contribution in [0.4, 0.5) is 5.69 Å². The molecule has 1 saturated heterocycles. The van der Waals surface area contributed by atoms with Crippen molar-refractivity contribution in [1.82, 2.24) is 9.88 Å². The molecule has 4 nitrogen and oxygen atoms in total. The highest BCUT2D eigenvalue weighted by atomic mass is 16.2. The van der Waals surface area contributed by atoms with E-state index >= 15 is 0 Å². The molecule has 1 aliphatic rings. The lowest BCUT2D eigenvalue weighted by atomic mass is 9.99. The number of aromatic amines is 1. The number of amides is 1. The van der Waals surface area contributed by atoms with Crippen molar-refractivity contribution >= 4 is 11.6 Å². The van der Waals surface area contributed by atoms with Gasteiger partial charge in [-0.05, 0) is 24.8 Å². The largest absolute Gasteiger partial charge is 0.397 e. The summed E-state index contributed by atoms with van der Waals surface area (Å²) in [7, 11) is 0. The summed E-state index contributed by atoms with van der Waals surface area (Å²) in [5, 5.41) is 0. The second kappa shape index (κ2) is 3.96. The Kier molecular flexibility index (Phi) is 2.66. The molecule has 3 N–H and O–H groups in total. The van der Waals surface area contributed by atoms with Gasteiger partial charge in [0.1, 0.15) is 5.69 Å². The molecule has 0 bridgehead atoms. The molecule has 82 valence electrons. The molecule has 0 saturated carbocycles. The first-order valence-electron chi connectivity index (χ1n) is 5.40. The van der Waals surface area contributed by atoms with Gasteiger partial charge in [0.05, 0.1) is 0 Å². The van der Waals surface area contributed by atoms with Crippen molar-refractivity contribution < 1.29 is 4.79 Å². The van der Waals surface area contributed by atoms with E-state index in [0.717, 1.165) is 31.8 Å². The zero-order valence-corrected chi connectivity index (χ0v) is 8.99. The molecule has 15 heavy (non-hydrogen) atoms. The summed E-state index contributed by atoms with van der Waals surface area (Å²) in [5.41, 5.74) is 6.78. The molecule has 1 aliphatic heterocycles. The van der Waals surface area contributed by atoms with Crippen molar-refractivity contribution in [2.75, 3.05) is 18.8 Å². The van der Waals surface area contributed by atoms with Crippen LogP contribution in [0.5, 0.6) is 0 Å². The maximum atomic E-state index is 12.0. The Morgan fingerprint density at radius 1 is 1.53 bits per heavy atom. The highest BCUT2D eigenvalue weighted by molar-refractivity contribution is 5.93. The van der Waals surface area contributed by atoms with Crippen molar-refractivity contribution in [3.8, 4) is 0 Å². The van der Waals surface area contributed by atoms with Crippen LogP contribution in [0.3, 0.4) is 0 Å². The van der Waals surface area contributed by atoms with Crippen LogP contribution in [0.2, 0.25) is 0 Å². The number of aromatic nitrogens is 1. The third kappa shape index (κ3) is 2.14. The van der Waals surface area contributed by atoms with Gasteiger partial charge in [-0.1, -0.05) is 6.92 Å². The Morgan fingerprint density at radius 3 is 2.73 bits per heavy atom. The number of likely N-dealkylation sites (tertiary alicyclic amines) is 1. The molecule has 0 atom stereocenters. The molecule has 1 fully saturated rings. The zero-order valence-electron chi connectivity index (χ0n) is 8.99. The number of nitrogens with one attached hydrogen (secondary N) is 1. The summed E-state index contributed by atoms with van der Waals surface area (Å²) >= 11 is 0. The molecule has 4 heteroatoms. The lowest BCUT2D eigenvalue weighted by Crippen LogP contribution is -2.38. The van der Waals surface area contributed by atoms with Gasteiger partial charge in [-0.3, -0.25) is 4.79 Å². The highest BCUT2D eigenvalue weighted by Gasteiger charge is 2.21. The van der Waals surface area contributed by atoms with Crippen LogP contribution in [0, 0.1) is 5.92 Å². The minimum Gasteiger partial charge on any atom is -0.397 e. The standard InChI is InChI=1S/C11H17N3O/c1-8-2-4-14(5-3-8)11(15)10-6-9(12)7-13-10/h6-8,13H,2-5,12H2,1H3. The van der Waals surface area contributed by atoms with Crippen LogP contribution in [0.1, 0.15) is 30.3 Å². The smallest absolute Gasteiger partial charge is 0.270 e. The Balaban J connectivity index is 2.02. The van der Waals surface area contributed by atoms with E-state index in [0.29, 0.717) is 11.4 Å². The van der Waals surface area contributed by atoms with Crippen LogP contribution in [-0.2, 0) is 0 Å². The van der Waals surface area contributed by atoms with Crippen LogP contribution in [-0.4, -0.2) is 28.9 Å². The number of hydrogen-bond donors (Lipinski definition) is 2. The van der Waals surface area contributed by atoms with Crippen molar-refractivity contribution in [3.05, 3.63) is 18.0 Å². The van der Waals surface area contributed by atoms with Gasteiger partial charge in [0.25, 0.3) is 5.91 Å². The van der Waals surface area contributed by atoms with Crippen LogP contribution in [0.15, 0.2) is 12.3 Å². The molecule has 1 aromatic heterocycles. The lowest BCUT2D eigenvalue weighted by molar-refractivity contribution is 0.0692. The summed E-state index contributed by atoms with van der Waals surface area (Å²) in [6.45, 7) is 3.95. The van der Waals surface area contributed by atoms with E-state index in [1.54, 1.807) is 12.3 Å². The summed E-state index contributed by atoms with van der Waals surface area (Å²) in [4.78, 5) is 16.8. The molecule has 0 aliphatic carbocycles. The van der Waals surface area contributed by atoms with E-state index in [2.05, 4.69) is 11.9 Å². The molecule has 0 aromatic carbocycles. The van der Waals surface area contributed by atoms with E-state index in [9.17, 15) is 4.79 Å². The average Bonchev–Trinajstić information content (AvgIpc) is 2.65. The first-order chi connectivity index (χ1) is 7.16. The molecule has 0 unspecified atom stereocenters. The SMILES string of the molecule is CC1CCN(C(=O)c2cc(N)c[nH]2)CC1. The first kappa shape index (κ1) is 10.1. The quantitative estimate of drug-likeness (QED) is 0.732. The van der Waals surface area contributed by atoms with Gasteiger partial charge in [0.2, 0.25) is 0 Å². The number of carbonyl (C=O) groups is 1. The monoisotopic (exact) mass is 207 g/mol. The maximum Gasteiger partial charge on any atom is 0.270 e. The fourth-order valence-corrected chi connectivity index (χ4v) is 1.92. The van der Waals surface area contributed by atoms with E-state index < -0.39 is 0 Å². The van der Waals surface area contributed by atoms with Gasteiger partial charge in [-0.15, -0.1) is 0 Å². The van der Waals surface area contributed by atoms with Crippen molar-refractivity contribution in [2.45, 2.75) is 19.8 Å². The molecular formula is C11H17N3O. The fraction of sp³-hybridized carbons (Fsp3) is 0.545. The molecular weight excluding hydrogens is 190 g/mol. The minimum atomic E-state index is 0.0681. The number of nitrogen functional groups attached to an aromatic ring is 1. The molecule has 2 rings (SSSR count). The van der Waals surface area contributed by atoms with E-state index in [1.807, 2.05) is 4.90 Å². The predicted molar refractivity (Wildman–Crippen MR) is 59.5 cm³/mol. The second-order valence-electron chi connectivity index (χ2n) is 4.32. The number of piperidine rings is 1. The van der Waals surface area contributed by atoms with E-state index in [1.165, 1.54) is 0 Å². The number of nitrogens with zero attached hydrogens (tertiary/aromatic N) is 1. The van der Waals surface area contributed by atoms with Crippen molar-refractivity contribution in [3.63, 3.8) is 0 Å². The number of carbonyl (C=O) groups excluding carboxylic acids is 1. The molecule has 1 aromatic rings. The topological polar surface area (TPSA) is 62.1 Å². The Bertz CT molecular complexity index is 350. The zero-order chi connectivity index (χ0) is 10.8. The third-order valence-electron chi connectivity index (χ3n) is 3.01. The summed E-state index contributed by atoms with van der Waals surface area (Å²) in [5.74, 6) is 0.807. The first-order valence-corrected chi connectivity index (χ1v) is 5.40. The Hall–Kier alpha value is -1.45. The Morgan fingerprint density at radius 2 is 2.20 bits per heavy atom. The lowest BCUT2D eigenvalue weighted by Gasteiger charge is -2.29. The average molecular weight is 207 g/mol. The molecule has 2 heterocycles. The van der Waals surface area contributed by atoms with Gasteiger partial charge in [0, 0.05) is 25.0 Å². The molecule has 1 amide bonds. The van der Waals surface area contributed by atoms with Crippen LogP contribution < -0.4 is 5.73 Å². The van der Waals surface area contributed by atoms with Crippen molar-refractivity contribution in [2.24, 2.45) is 5.92 Å². The van der Waals surface area contributed by atoms with Crippen LogP contribution >= 0.6 is 0 Å². The van der Waals surface area contributed by atoms with Crippen LogP contribution in [0.25, 0.3) is 0 Å². The fourth-order valence-electron chi connectivity index (χ4n) is 1.92. The number of H-pyrrole nitrogens is 1. The van der Waals surface area contributed by atoms with Gasteiger partial charge in [-0.25, -0.2) is 0 Å². The summed E-state index contributed by atoms with van der Waals surface area (Å²) < 4.78 is 0. The summed E-state index contributed by atoms with van der Waals surface area (Å²) in [6, 6.07) is 1.69.